The molecule has 0 saturated carbocycles. The molecule has 0 spiro atoms. The van der Waals surface area contributed by atoms with Crippen LogP contribution in [0.1, 0.15) is 12.1 Å². The Labute approximate surface area is 65.0 Å². The van der Waals surface area contributed by atoms with Crippen molar-refractivity contribution >= 4 is 0 Å². The Balaban J connectivity index is 2.04. The highest BCUT2D eigenvalue weighted by molar-refractivity contribution is 4.92. The van der Waals surface area contributed by atoms with Crippen LogP contribution in [0.5, 0.6) is 0 Å². The summed E-state index contributed by atoms with van der Waals surface area (Å²) < 4.78 is 11.6. The second-order valence-electron chi connectivity index (χ2n) is 2.30. The van der Waals surface area contributed by atoms with Crippen molar-refractivity contribution in [3.05, 3.63) is 18.2 Å². The van der Waals surface area contributed by atoms with Gasteiger partial charge in [-0.25, -0.2) is 4.98 Å². The summed E-state index contributed by atoms with van der Waals surface area (Å²) in [5.74, 6) is 0. The van der Waals surface area contributed by atoms with Gasteiger partial charge in [0.1, 0.15) is 0 Å². The van der Waals surface area contributed by atoms with E-state index in [2.05, 4.69) is 15.3 Å². The Morgan fingerprint density at radius 2 is 2.55 bits per heavy atom. The lowest BCUT2D eigenvalue weighted by Gasteiger charge is -1.98. The Kier molecular flexibility index (Phi) is 3.61. The molecule has 0 radical (unpaired) electrons. The lowest BCUT2D eigenvalue weighted by atomic mass is 10.4. The molecule has 0 unspecified atom stereocenters. The minimum atomic E-state index is -0.254. The van der Waals surface area contributed by atoms with Gasteiger partial charge in [-0.05, 0) is 13.0 Å². The largest absolute Gasteiger partial charge is 0.347 e. The first kappa shape index (κ1) is 8.20. The number of H-pyrrole nitrogens is 1. The molecule has 1 aromatic rings. The van der Waals surface area contributed by atoms with Gasteiger partial charge in [0.25, 0.3) is 0 Å². The molecule has 0 aliphatic heterocycles. The molecule has 0 atom stereocenters. The van der Waals surface area contributed by atoms with E-state index in [0.717, 1.165) is 18.8 Å². The van der Waals surface area contributed by atoms with Crippen molar-refractivity contribution in [1.29, 1.82) is 0 Å². The fourth-order valence-electron chi connectivity index (χ4n) is 0.796. The van der Waals surface area contributed by atoms with Crippen LogP contribution in [0, 0.1) is 0 Å². The lowest BCUT2D eigenvalue weighted by Crippen LogP contribution is -2.15. The Hall–Kier alpha value is -0.900. The first-order valence-electron chi connectivity index (χ1n) is 3.67. The van der Waals surface area contributed by atoms with Crippen molar-refractivity contribution in [1.82, 2.24) is 15.3 Å². The van der Waals surface area contributed by atoms with Crippen LogP contribution in [-0.4, -0.2) is 23.2 Å². The molecular formula is C7H12FN3. The van der Waals surface area contributed by atoms with Gasteiger partial charge in [-0.2, -0.15) is 0 Å². The molecule has 0 aliphatic carbocycles. The van der Waals surface area contributed by atoms with Crippen molar-refractivity contribution < 1.29 is 4.39 Å². The van der Waals surface area contributed by atoms with Gasteiger partial charge in [-0.3, -0.25) is 4.39 Å². The Bertz CT molecular complexity index is 174. The number of aromatic amines is 1. The highest BCUT2D eigenvalue weighted by atomic mass is 19.1. The van der Waals surface area contributed by atoms with Crippen molar-refractivity contribution in [3.8, 4) is 0 Å². The van der Waals surface area contributed by atoms with Gasteiger partial charge in [0.15, 0.2) is 0 Å². The minimum absolute atomic E-state index is 0.254. The maximum atomic E-state index is 11.6. The van der Waals surface area contributed by atoms with Crippen molar-refractivity contribution in [2.45, 2.75) is 13.0 Å². The molecule has 3 nitrogen and oxygen atoms in total. The maximum Gasteiger partial charge on any atom is 0.0922 e. The molecule has 1 aromatic heterocycles. The van der Waals surface area contributed by atoms with E-state index in [-0.39, 0.29) is 6.67 Å². The monoisotopic (exact) mass is 157 g/mol. The van der Waals surface area contributed by atoms with Gasteiger partial charge in [0.05, 0.1) is 13.0 Å². The van der Waals surface area contributed by atoms with Crippen LogP contribution in [0.25, 0.3) is 0 Å². The highest BCUT2D eigenvalue weighted by Crippen LogP contribution is 1.88. The molecule has 0 fully saturated rings. The fraction of sp³-hybridized carbons (Fsp3) is 0.571. The van der Waals surface area contributed by atoms with E-state index >= 15 is 0 Å². The first-order valence-corrected chi connectivity index (χ1v) is 3.67. The number of hydrogen-bond acceptors (Lipinski definition) is 2. The van der Waals surface area contributed by atoms with Gasteiger partial charge < -0.3 is 10.3 Å². The molecule has 62 valence electrons. The normalized spacial score (nSPS) is 10.3. The van der Waals surface area contributed by atoms with Gasteiger partial charge in [-0.1, -0.05) is 0 Å². The quantitative estimate of drug-likeness (QED) is 0.622. The fourth-order valence-corrected chi connectivity index (χ4v) is 0.796. The second kappa shape index (κ2) is 4.85. The molecule has 0 amide bonds. The van der Waals surface area contributed by atoms with Crippen molar-refractivity contribution in [2.75, 3.05) is 13.2 Å². The van der Waals surface area contributed by atoms with Crippen LogP contribution in [0.15, 0.2) is 12.5 Å². The standard InChI is InChI=1S/C7H12FN3/c8-2-1-3-9-4-7-5-10-6-11-7/h5-6,9H,1-4H2,(H,10,11). The third-order valence-corrected chi connectivity index (χ3v) is 1.36. The number of halogens is 1. The molecule has 4 heteroatoms. The Morgan fingerprint density at radius 1 is 1.64 bits per heavy atom. The highest BCUT2D eigenvalue weighted by Gasteiger charge is 1.91. The summed E-state index contributed by atoms with van der Waals surface area (Å²) in [4.78, 5) is 6.80. The topological polar surface area (TPSA) is 40.7 Å². The SMILES string of the molecule is FCCCNCc1cnc[nH]1. The van der Waals surface area contributed by atoms with Gasteiger partial charge in [-0.15, -0.1) is 0 Å². The maximum absolute atomic E-state index is 11.6. The number of imidazole rings is 1. The Morgan fingerprint density at radius 3 is 3.18 bits per heavy atom. The number of nitrogens with zero attached hydrogens (tertiary/aromatic N) is 1. The predicted octanol–water partition coefficient (Wildman–Crippen LogP) is 0.859. The van der Waals surface area contributed by atoms with Crippen LogP contribution in [0.3, 0.4) is 0 Å². The molecule has 0 bridgehead atoms. The van der Waals surface area contributed by atoms with Crippen LogP contribution >= 0.6 is 0 Å². The molecule has 0 aliphatic rings. The summed E-state index contributed by atoms with van der Waals surface area (Å²) in [5, 5.41) is 3.08. The summed E-state index contributed by atoms with van der Waals surface area (Å²) in [5.41, 5.74) is 1.03. The van der Waals surface area contributed by atoms with E-state index in [0.29, 0.717) is 6.42 Å². The predicted molar refractivity (Wildman–Crippen MR) is 40.9 cm³/mol. The molecule has 11 heavy (non-hydrogen) atoms. The molecule has 1 rings (SSSR count). The third kappa shape index (κ3) is 3.13. The number of hydrogen-bond donors (Lipinski definition) is 2. The number of alkyl halides is 1. The first-order chi connectivity index (χ1) is 5.43. The van der Waals surface area contributed by atoms with Gasteiger partial charge in [0, 0.05) is 18.4 Å². The zero-order valence-electron chi connectivity index (χ0n) is 6.31. The molecular weight excluding hydrogens is 145 g/mol. The van der Waals surface area contributed by atoms with E-state index in [1.54, 1.807) is 12.5 Å². The third-order valence-electron chi connectivity index (χ3n) is 1.36. The van der Waals surface area contributed by atoms with Gasteiger partial charge in [0.2, 0.25) is 0 Å². The number of rotatable bonds is 5. The van der Waals surface area contributed by atoms with E-state index in [1.165, 1.54) is 0 Å². The smallest absolute Gasteiger partial charge is 0.0922 e. The lowest BCUT2D eigenvalue weighted by molar-refractivity contribution is 0.458. The summed E-state index contributed by atoms with van der Waals surface area (Å²) >= 11 is 0. The van der Waals surface area contributed by atoms with E-state index in [4.69, 9.17) is 0 Å². The van der Waals surface area contributed by atoms with E-state index in [9.17, 15) is 4.39 Å². The zero-order valence-corrected chi connectivity index (χ0v) is 6.31. The van der Waals surface area contributed by atoms with Crippen LogP contribution in [0.4, 0.5) is 4.39 Å². The minimum Gasteiger partial charge on any atom is -0.347 e. The van der Waals surface area contributed by atoms with Gasteiger partial charge >= 0.3 is 0 Å². The summed E-state index contributed by atoms with van der Waals surface area (Å²) in [6, 6.07) is 0. The number of nitrogens with one attached hydrogen (secondary N) is 2. The zero-order chi connectivity index (χ0) is 7.94. The van der Waals surface area contributed by atoms with E-state index < -0.39 is 0 Å². The average Bonchev–Trinajstić information content (AvgIpc) is 2.50. The summed E-state index contributed by atoms with van der Waals surface area (Å²) in [6.45, 7) is 1.20. The van der Waals surface area contributed by atoms with Crippen LogP contribution in [0.2, 0.25) is 0 Å². The molecule has 0 aromatic carbocycles. The van der Waals surface area contributed by atoms with Crippen LogP contribution in [-0.2, 0) is 6.54 Å². The van der Waals surface area contributed by atoms with Crippen molar-refractivity contribution in [3.63, 3.8) is 0 Å². The molecule has 2 N–H and O–H groups in total. The second-order valence-corrected chi connectivity index (χ2v) is 2.30. The van der Waals surface area contributed by atoms with Crippen LogP contribution < -0.4 is 5.32 Å². The molecule has 1 heterocycles. The van der Waals surface area contributed by atoms with E-state index in [1.807, 2.05) is 0 Å². The average molecular weight is 157 g/mol. The molecule has 0 saturated heterocycles. The number of aromatic nitrogens is 2. The summed E-state index contributed by atoms with van der Waals surface area (Å²) in [7, 11) is 0. The summed E-state index contributed by atoms with van der Waals surface area (Å²) in [6.07, 6.45) is 3.96. The van der Waals surface area contributed by atoms with Crippen molar-refractivity contribution in [2.24, 2.45) is 0 Å².